The molecule has 1 saturated heterocycles. The number of sulfone groups is 1. The van der Waals surface area contributed by atoms with Gasteiger partial charge in [-0.2, -0.15) is 0 Å². The third-order valence-corrected chi connectivity index (χ3v) is 6.61. The first kappa shape index (κ1) is 18.2. The number of aromatic nitrogens is 3. The third kappa shape index (κ3) is 3.50. The lowest BCUT2D eigenvalue weighted by Crippen LogP contribution is -2.32. The molecule has 1 amide bonds. The van der Waals surface area contributed by atoms with Gasteiger partial charge in [-0.15, -0.1) is 10.2 Å². The Morgan fingerprint density at radius 1 is 1.04 bits per heavy atom. The summed E-state index contributed by atoms with van der Waals surface area (Å²) in [6.07, 6.45) is 7.37. The maximum atomic E-state index is 13.1. The molecule has 0 bridgehead atoms. The van der Waals surface area contributed by atoms with E-state index in [0.29, 0.717) is 12.1 Å². The number of likely N-dealkylation sites (tertiary alicyclic amines) is 1. The summed E-state index contributed by atoms with van der Waals surface area (Å²) in [5.74, 6) is 1.84. The Labute approximate surface area is 159 Å². The second-order valence-electron chi connectivity index (χ2n) is 7.39. The van der Waals surface area contributed by atoms with Gasteiger partial charge in [0.2, 0.25) is 0 Å². The van der Waals surface area contributed by atoms with Gasteiger partial charge in [0.05, 0.1) is 10.9 Å². The summed E-state index contributed by atoms with van der Waals surface area (Å²) in [4.78, 5) is 15.1. The van der Waals surface area contributed by atoms with Crippen LogP contribution >= 0.6 is 0 Å². The van der Waals surface area contributed by atoms with Crippen LogP contribution in [0.5, 0.6) is 0 Å². The Bertz CT molecular complexity index is 950. The average molecular weight is 388 g/mol. The summed E-state index contributed by atoms with van der Waals surface area (Å²) in [5, 5.41) is 8.81. The summed E-state index contributed by atoms with van der Waals surface area (Å²) in [5.41, 5.74) is 0.505. The maximum absolute atomic E-state index is 13.1. The smallest absolute Gasteiger partial charge is 0.254 e. The number of rotatable bonds is 3. The van der Waals surface area contributed by atoms with Crippen molar-refractivity contribution >= 4 is 15.7 Å². The third-order valence-electron chi connectivity index (χ3n) is 5.48. The van der Waals surface area contributed by atoms with Crippen LogP contribution in [-0.4, -0.2) is 46.8 Å². The molecule has 27 heavy (non-hydrogen) atoms. The number of fused-ring (bicyclic) bond motifs is 1. The molecule has 0 radical (unpaired) electrons. The SMILES string of the molecule is CS(=O)(=O)c1ccc(C(=O)N2CCCC2c2nnc3n2CCCCC3)cc1. The van der Waals surface area contributed by atoms with Crippen LogP contribution in [0.15, 0.2) is 29.2 Å². The van der Waals surface area contributed by atoms with Crippen molar-refractivity contribution in [2.75, 3.05) is 12.8 Å². The molecule has 1 unspecified atom stereocenters. The van der Waals surface area contributed by atoms with E-state index in [0.717, 1.165) is 56.6 Å². The van der Waals surface area contributed by atoms with Crippen LogP contribution in [0.1, 0.15) is 60.2 Å². The molecule has 144 valence electrons. The zero-order valence-corrected chi connectivity index (χ0v) is 16.3. The zero-order chi connectivity index (χ0) is 19.0. The van der Waals surface area contributed by atoms with Gasteiger partial charge in [-0.3, -0.25) is 4.79 Å². The summed E-state index contributed by atoms with van der Waals surface area (Å²) < 4.78 is 25.5. The number of carbonyl (C=O) groups is 1. The predicted molar refractivity (Wildman–Crippen MR) is 100 cm³/mol. The Balaban J connectivity index is 1.60. The molecule has 0 aliphatic carbocycles. The molecule has 1 aromatic heterocycles. The lowest BCUT2D eigenvalue weighted by atomic mass is 10.1. The Hall–Kier alpha value is -2.22. The van der Waals surface area contributed by atoms with Gasteiger partial charge in [0, 0.05) is 31.3 Å². The summed E-state index contributed by atoms with van der Waals surface area (Å²) in [6.45, 7) is 1.60. The van der Waals surface area contributed by atoms with Gasteiger partial charge in [-0.25, -0.2) is 8.42 Å². The van der Waals surface area contributed by atoms with Gasteiger partial charge >= 0.3 is 0 Å². The molecule has 3 heterocycles. The Kier molecular flexibility index (Phi) is 4.75. The number of hydrogen-bond donors (Lipinski definition) is 0. The Morgan fingerprint density at radius 2 is 1.81 bits per heavy atom. The van der Waals surface area contributed by atoms with E-state index in [2.05, 4.69) is 14.8 Å². The minimum atomic E-state index is -3.27. The first-order valence-electron chi connectivity index (χ1n) is 9.48. The predicted octanol–water partition coefficient (Wildman–Crippen LogP) is 2.39. The highest BCUT2D eigenvalue weighted by Gasteiger charge is 2.34. The van der Waals surface area contributed by atoms with Crippen LogP contribution in [0.25, 0.3) is 0 Å². The molecule has 7 nitrogen and oxygen atoms in total. The second-order valence-corrected chi connectivity index (χ2v) is 9.41. The zero-order valence-electron chi connectivity index (χ0n) is 15.5. The van der Waals surface area contributed by atoms with Crippen molar-refractivity contribution in [3.63, 3.8) is 0 Å². The van der Waals surface area contributed by atoms with Crippen LogP contribution < -0.4 is 0 Å². The minimum Gasteiger partial charge on any atom is -0.328 e. The van der Waals surface area contributed by atoms with E-state index >= 15 is 0 Å². The van der Waals surface area contributed by atoms with E-state index in [9.17, 15) is 13.2 Å². The molecule has 8 heteroatoms. The standard InChI is InChI=1S/C19H24N4O3S/c1-27(25,26)15-10-8-14(9-11-15)19(24)22-13-5-6-16(22)18-21-20-17-7-3-2-4-12-23(17)18/h8-11,16H,2-7,12-13H2,1H3. The molecule has 2 aliphatic rings. The van der Waals surface area contributed by atoms with Crippen LogP contribution in [0.3, 0.4) is 0 Å². The van der Waals surface area contributed by atoms with E-state index in [-0.39, 0.29) is 16.8 Å². The first-order valence-corrected chi connectivity index (χ1v) is 11.4. The molecule has 1 aromatic carbocycles. The summed E-state index contributed by atoms with van der Waals surface area (Å²) >= 11 is 0. The van der Waals surface area contributed by atoms with E-state index in [4.69, 9.17) is 0 Å². The van der Waals surface area contributed by atoms with Crippen molar-refractivity contribution in [1.29, 1.82) is 0 Å². The van der Waals surface area contributed by atoms with Gasteiger partial charge in [0.1, 0.15) is 5.82 Å². The molecular weight excluding hydrogens is 364 g/mol. The molecule has 0 spiro atoms. The molecule has 4 rings (SSSR count). The fraction of sp³-hybridized carbons (Fsp3) is 0.526. The first-order chi connectivity index (χ1) is 12.9. The summed E-state index contributed by atoms with van der Waals surface area (Å²) in [7, 11) is -3.27. The molecular formula is C19H24N4O3S. The molecule has 2 aliphatic heterocycles. The van der Waals surface area contributed by atoms with Gasteiger partial charge in [-0.1, -0.05) is 6.42 Å². The maximum Gasteiger partial charge on any atom is 0.254 e. The summed E-state index contributed by atoms with van der Waals surface area (Å²) in [6, 6.07) is 6.12. The number of benzene rings is 1. The van der Waals surface area contributed by atoms with Crippen LogP contribution in [0.2, 0.25) is 0 Å². The fourth-order valence-electron chi connectivity index (χ4n) is 4.04. The highest BCUT2D eigenvalue weighted by Crippen LogP contribution is 2.33. The molecule has 2 aromatic rings. The van der Waals surface area contributed by atoms with Gasteiger partial charge in [0.25, 0.3) is 5.91 Å². The van der Waals surface area contributed by atoms with Crippen molar-refractivity contribution in [1.82, 2.24) is 19.7 Å². The van der Waals surface area contributed by atoms with Crippen LogP contribution in [0.4, 0.5) is 0 Å². The molecule has 0 N–H and O–H groups in total. The number of amides is 1. The quantitative estimate of drug-likeness (QED) is 0.806. The lowest BCUT2D eigenvalue weighted by Gasteiger charge is -2.25. The highest BCUT2D eigenvalue weighted by atomic mass is 32.2. The van der Waals surface area contributed by atoms with Crippen molar-refractivity contribution < 1.29 is 13.2 Å². The number of carbonyl (C=O) groups excluding carboxylic acids is 1. The van der Waals surface area contributed by atoms with Crippen LogP contribution in [0, 0.1) is 0 Å². The van der Waals surface area contributed by atoms with E-state index in [1.165, 1.54) is 18.6 Å². The number of aryl methyl sites for hydroxylation is 1. The van der Waals surface area contributed by atoms with Crippen molar-refractivity contribution in [3.8, 4) is 0 Å². The lowest BCUT2D eigenvalue weighted by molar-refractivity contribution is 0.0727. The normalized spacial score (nSPS) is 20.3. The van der Waals surface area contributed by atoms with Crippen molar-refractivity contribution in [2.24, 2.45) is 0 Å². The molecule has 1 atom stereocenters. The second kappa shape index (κ2) is 7.07. The largest absolute Gasteiger partial charge is 0.328 e. The number of nitrogens with zero attached hydrogens (tertiary/aromatic N) is 4. The average Bonchev–Trinajstić information content (AvgIpc) is 3.21. The van der Waals surface area contributed by atoms with Gasteiger partial charge in [0.15, 0.2) is 15.7 Å². The molecule has 0 saturated carbocycles. The monoisotopic (exact) mass is 388 g/mol. The van der Waals surface area contributed by atoms with Crippen molar-refractivity contribution in [3.05, 3.63) is 41.5 Å². The van der Waals surface area contributed by atoms with E-state index < -0.39 is 9.84 Å². The van der Waals surface area contributed by atoms with Gasteiger partial charge in [-0.05, 0) is 49.9 Å². The fourth-order valence-corrected chi connectivity index (χ4v) is 4.67. The number of hydrogen-bond acceptors (Lipinski definition) is 5. The van der Waals surface area contributed by atoms with E-state index in [1.807, 2.05) is 4.90 Å². The topological polar surface area (TPSA) is 85.2 Å². The van der Waals surface area contributed by atoms with E-state index in [1.54, 1.807) is 12.1 Å². The minimum absolute atomic E-state index is 0.0635. The van der Waals surface area contributed by atoms with Crippen molar-refractivity contribution in [2.45, 2.75) is 56.0 Å². The highest BCUT2D eigenvalue weighted by molar-refractivity contribution is 7.90. The Morgan fingerprint density at radius 3 is 2.56 bits per heavy atom. The van der Waals surface area contributed by atoms with Crippen LogP contribution in [-0.2, 0) is 22.8 Å². The van der Waals surface area contributed by atoms with Gasteiger partial charge < -0.3 is 9.47 Å². The molecule has 1 fully saturated rings.